The third kappa shape index (κ3) is 9.79. The Balaban J connectivity index is 0.000000256. The smallest absolute Gasteiger partial charge is 0.376 e. The van der Waals surface area contributed by atoms with Crippen LogP contribution in [0.1, 0.15) is 31.4 Å². The second kappa shape index (κ2) is 15.5. The second-order valence-corrected chi connectivity index (χ2v) is 14.1. The van der Waals surface area contributed by atoms with Gasteiger partial charge in [-0.25, -0.2) is 0 Å². The molecule has 18 heteroatoms. The first-order valence-corrected chi connectivity index (χ1v) is 17.8. The first-order valence-electron chi connectivity index (χ1n) is 15.0. The van der Waals surface area contributed by atoms with Gasteiger partial charge in [0, 0.05) is 74.9 Å². The molecular weight excluding hydrogens is 678 g/mol. The van der Waals surface area contributed by atoms with Crippen molar-refractivity contribution >= 4 is 31.6 Å². The van der Waals surface area contributed by atoms with Gasteiger partial charge in [-0.05, 0) is 57.6 Å². The van der Waals surface area contributed by atoms with E-state index in [0.717, 1.165) is 71.9 Å². The van der Waals surface area contributed by atoms with Gasteiger partial charge in [0.2, 0.25) is 0 Å². The number of piperazine rings is 2. The third-order valence-electron chi connectivity index (χ3n) is 7.89. The minimum atomic E-state index is -5.66. The molecule has 2 heterocycles. The highest BCUT2D eigenvalue weighted by Crippen LogP contribution is 2.35. The van der Waals surface area contributed by atoms with Crippen LogP contribution in [-0.2, 0) is 20.2 Å². The van der Waals surface area contributed by atoms with Gasteiger partial charge in [-0.15, -0.1) is 0 Å². The summed E-state index contributed by atoms with van der Waals surface area (Å²) in [5.74, 6) is -0.585. The molecule has 0 aromatic heterocycles. The van der Waals surface area contributed by atoms with Crippen LogP contribution in [0.25, 0.3) is 0 Å². The van der Waals surface area contributed by atoms with Crippen molar-refractivity contribution in [2.45, 2.75) is 45.1 Å². The standard InChI is InChI=1S/C15H21F3N2O3S.C14H19F3N2O3S/c1-3-7-19-8-10-20(11-9-19)13-5-4-6-14(12(13)2)23-24(21,22)15(16,17)18;1-3-18-7-9-19(10-8-18)12-5-4-6-13(11(12)2)22-23(20,21)14(15,16)17/h4-6H,3,7-11H2,1-2H3;4-6H,3,7-10H2,1-2H3. The van der Waals surface area contributed by atoms with Crippen LogP contribution in [0.5, 0.6) is 11.5 Å². The first-order chi connectivity index (χ1) is 21.8. The molecule has 0 spiro atoms. The Morgan fingerprint density at radius 1 is 0.617 bits per heavy atom. The van der Waals surface area contributed by atoms with E-state index in [-0.39, 0.29) is 11.5 Å². The van der Waals surface area contributed by atoms with Crippen molar-refractivity contribution in [2.75, 3.05) is 75.2 Å². The number of likely N-dealkylation sites (N-methyl/N-ethyl adjacent to an activating group) is 1. The molecule has 0 radical (unpaired) electrons. The lowest BCUT2D eigenvalue weighted by atomic mass is 10.1. The maximum atomic E-state index is 12.5. The van der Waals surface area contributed by atoms with Crippen molar-refractivity contribution < 1.29 is 51.5 Å². The van der Waals surface area contributed by atoms with Gasteiger partial charge in [0.05, 0.1) is 0 Å². The molecule has 10 nitrogen and oxygen atoms in total. The predicted molar refractivity (Wildman–Crippen MR) is 167 cm³/mol. The molecule has 266 valence electrons. The summed E-state index contributed by atoms with van der Waals surface area (Å²) in [7, 11) is -11.3. The molecule has 2 aliphatic heterocycles. The molecule has 0 saturated carbocycles. The lowest BCUT2D eigenvalue weighted by Gasteiger charge is -2.36. The Labute approximate surface area is 272 Å². The summed E-state index contributed by atoms with van der Waals surface area (Å²) in [4.78, 5) is 8.64. The molecule has 0 atom stereocenters. The molecule has 2 saturated heterocycles. The zero-order chi connectivity index (χ0) is 35.2. The van der Waals surface area contributed by atoms with Gasteiger partial charge in [0.15, 0.2) is 0 Å². The number of hydrogen-bond donors (Lipinski definition) is 0. The number of benzene rings is 2. The average molecular weight is 719 g/mol. The SMILES string of the molecule is CCCN1CCN(c2cccc(OS(=O)(=O)C(F)(F)F)c2C)CC1.CCN1CCN(c2cccc(OS(=O)(=O)C(F)(F)F)c2C)CC1. The second-order valence-electron chi connectivity index (χ2n) is 11.0. The number of hydrogen-bond acceptors (Lipinski definition) is 10. The highest BCUT2D eigenvalue weighted by molar-refractivity contribution is 7.88. The van der Waals surface area contributed by atoms with Gasteiger partial charge in [0.1, 0.15) is 11.5 Å². The number of halogens is 6. The van der Waals surface area contributed by atoms with Gasteiger partial charge >= 0.3 is 31.3 Å². The molecular formula is C29H40F6N4O6S2. The number of alkyl halides is 6. The summed E-state index contributed by atoms with van der Waals surface area (Å²) >= 11 is 0. The van der Waals surface area contributed by atoms with Gasteiger partial charge in [-0.2, -0.15) is 43.2 Å². The van der Waals surface area contributed by atoms with Crippen molar-refractivity contribution in [1.29, 1.82) is 0 Å². The molecule has 0 amide bonds. The Morgan fingerprint density at radius 3 is 1.30 bits per heavy atom. The average Bonchev–Trinajstić information content (AvgIpc) is 2.99. The molecule has 2 aromatic carbocycles. The quantitative estimate of drug-likeness (QED) is 0.198. The predicted octanol–water partition coefficient (Wildman–Crippen LogP) is 5.12. The third-order valence-corrected chi connectivity index (χ3v) is 9.82. The van der Waals surface area contributed by atoms with E-state index < -0.39 is 31.3 Å². The summed E-state index contributed by atoms with van der Waals surface area (Å²) in [6.45, 7) is 15.6. The first kappa shape index (κ1) is 38.5. The fourth-order valence-electron chi connectivity index (χ4n) is 5.24. The fourth-order valence-corrected chi connectivity index (χ4v) is 6.26. The van der Waals surface area contributed by atoms with Crippen LogP contribution in [0, 0.1) is 13.8 Å². The molecule has 2 fully saturated rings. The number of nitrogens with zero attached hydrogens (tertiary/aromatic N) is 4. The van der Waals surface area contributed by atoms with Crippen LogP contribution in [-0.4, -0.2) is 103 Å². The van der Waals surface area contributed by atoms with E-state index in [9.17, 15) is 43.2 Å². The summed E-state index contributed by atoms with van der Waals surface area (Å²) < 4.78 is 128. The zero-order valence-corrected chi connectivity index (χ0v) is 28.2. The van der Waals surface area contributed by atoms with Gasteiger partial charge in [-0.3, -0.25) is 4.90 Å². The maximum Gasteiger partial charge on any atom is 0.534 e. The molecule has 47 heavy (non-hydrogen) atoms. The lowest BCUT2D eigenvalue weighted by molar-refractivity contribution is -0.0505. The molecule has 0 aliphatic carbocycles. The van der Waals surface area contributed by atoms with Crippen LogP contribution in [0.3, 0.4) is 0 Å². The lowest BCUT2D eigenvalue weighted by Crippen LogP contribution is -2.46. The Bertz CT molecular complexity index is 1560. The molecule has 0 unspecified atom stereocenters. The topological polar surface area (TPSA) is 99.7 Å². The fraction of sp³-hybridized carbons (Fsp3) is 0.586. The van der Waals surface area contributed by atoms with E-state index in [1.807, 2.05) is 9.80 Å². The van der Waals surface area contributed by atoms with E-state index in [1.165, 1.54) is 24.3 Å². The van der Waals surface area contributed by atoms with E-state index in [1.54, 1.807) is 26.0 Å². The molecule has 2 aromatic rings. The van der Waals surface area contributed by atoms with Crippen molar-refractivity contribution in [2.24, 2.45) is 0 Å². The van der Waals surface area contributed by atoms with Crippen LogP contribution in [0.2, 0.25) is 0 Å². The molecule has 0 N–H and O–H groups in total. The van der Waals surface area contributed by atoms with Crippen LogP contribution in [0.15, 0.2) is 36.4 Å². The minimum Gasteiger partial charge on any atom is -0.376 e. The monoisotopic (exact) mass is 718 g/mol. The summed E-state index contributed by atoms with van der Waals surface area (Å²) in [6.07, 6.45) is 1.07. The Kier molecular flexibility index (Phi) is 12.7. The van der Waals surface area contributed by atoms with Gasteiger partial charge in [-0.1, -0.05) is 26.0 Å². The Hall–Kier alpha value is -2.96. The van der Waals surface area contributed by atoms with E-state index >= 15 is 0 Å². The number of rotatable bonds is 9. The summed E-state index contributed by atoms with van der Waals surface area (Å²) in [5, 5.41) is 0. The van der Waals surface area contributed by atoms with Crippen LogP contribution < -0.4 is 18.2 Å². The maximum absolute atomic E-state index is 12.5. The summed E-state index contributed by atoms with van der Waals surface area (Å²) in [6, 6.07) is 8.97. The van der Waals surface area contributed by atoms with E-state index in [4.69, 9.17) is 0 Å². The van der Waals surface area contributed by atoms with Crippen molar-refractivity contribution in [3.05, 3.63) is 47.5 Å². The largest absolute Gasteiger partial charge is 0.534 e. The molecule has 4 rings (SSSR count). The Morgan fingerprint density at radius 2 is 0.979 bits per heavy atom. The molecule has 2 aliphatic rings. The molecule has 0 bridgehead atoms. The van der Waals surface area contributed by atoms with E-state index in [0.29, 0.717) is 22.5 Å². The zero-order valence-electron chi connectivity index (χ0n) is 26.6. The minimum absolute atomic E-state index is 0.291. The van der Waals surface area contributed by atoms with Crippen molar-refractivity contribution in [3.8, 4) is 11.5 Å². The van der Waals surface area contributed by atoms with Crippen molar-refractivity contribution in [3.63, 3.8) is 0 Å². The van der Waals surface area contributed by atoms with E-state index in [2.05, 4.69) is 32.0 Å². The summed E-state index contributed by atoms with van der Waals surface area (Å²) in [5.41, 5.74) is -8.74. The highest BCUT2D eigenvalue weighted by atomic mass is 32.2. The van der Waals surface area contributed by atoms with Crippen LogP contribution in [0.4, 0.5) is 37.7 Å². The van der Waals surface area contributed by atoms with Crippen molar-refractivity contribution in [1.82, 2.24) is 9.80 Å². The van der Waals surface area contributed by atoms with Gasteiger partial charge < -0.3 is 23.1 Å². The normalized spacial score (nSPS) is 17.2. The van der Waals surface area contributed by atoms with Crippen LogP contribution >= 0.6 is 0 Å². The highest BCUT2D eigenvalue weighted by Gasteiger charge is 2.49. The van der Waals surface area contributed by atoms with Gasteiger partial charge in [0.25, 0.3) is 0 Å². The number of anilines is 2.